The number of hydrogen-bond donors (Lipinski definition) is 1. The van der Waals surface area contributed by atoms with Crippen LogP contribution in [0.2, 0.25) is 0 Å². The number of ether oxygens (including phenoxy) is 1. The lowest BCUT2D eigenvalue weighted by atomic mass is 10.2. The zero-order chi connectivity index (χ0) is 14.4. The van der Waals surface area contributed by atoms with Gasteiger partial charge in [0.1, 0.15) is 17.3 Å². The molecule has 0 atom stereocenters. The molecule has 2 aromatic rings. The van der Waals surface area contributed by atoms with Gasteiger partial charge in [-0.05, 0) is 49.4 Å². The maximum absolute atomic E-state index is 12.9. The van der Waals surface area contributed by atoms with Crippen LogP contribution in [0.3, 0.4) is 0 Å². The third-order valence-corrected chi connectivity index (χ3v) is 3.31. The SMILES string of the molecule is CCCNCc1ccc(Br)cc1Oc1ccc(F)cc1. The first-order valence-corrected chi connectivity index (χ1v) is 7.41. The van der Waals surface area contributed by atoms with Crippen molar-refractivity contribution < 1.29 is 9.13 Å². The lowest BCUT2D eigenvalue weighted by Crippen LogP contribution is -2.14. The van der Waals surface area contributed by atoms with E-state index in [2.05, 4.69) is 28.2 Å². The van der Waals surface area contributed by atoms with Crippen molar-refractivity contribution >= 4 is 15.9 Å². The van der Waals surface area contributed by atoms with E-state index in [0.29, 0.717) is 5.75 Å². The highest BCUT2D eigenvalue weighted by atomic mass is 79.9. The Bertz CT molecular complexity index is 557. The second-order valence-corrected chi connectivity index (χ2v) is 5.40. The highest BCUT2D eigenvalue weighted by molar-refractivity contribution is 9.10. The van der Waals surface area contributed by atoms with Gasteiger partial charge in [0.15, 0.2) is 0 Å². The zero-order valence-electron chi connectivity index (χ0n) is 11.3. The van der Waals surface area contributed by atoms with Crippen LogP contribution < -0.4 is 10.1 Å². The molecule has 0 radical (unpaired) electrons. The smallest absolute Gasteiger partial charge is 0.133 e. The van der Waals surface area contributed by atoms with Gasteiger partial charge in [0.25, 0.3) is 0 Å². The van der Waals surface area contributed by atoms with E-state index in [1.165, 1.54) is 12.1 Å². The van der Waals surface area contributed by atoms with E-state index in [1.54, 1.807) is 12.1 Å². The minimum absolute atomic E-state index is 0.267. The minimum Gasteiger partial charge on any atom is -0.457 e. The van der Waals surface area contributed by atoms with Crippen molar-refractivity contribution in [1.29, 1.82) is 0 Å². The Kier molecular flexibility index (Phi) is 5.56. The van der Waals surface area contributed by atoms with Crippen LogP contribution in [-0.4, -0.2) is 6.54 Å². The molecule has 0 aliphatic heterocycles. The standard InChI is InChI=1S/C16H17BrFNO/c1-2-9-19-11-12-3-4-13(17)10-16(12)20-15-7-5-14(18)6-8-15/h3-8,10,19H,2,9,11H2,1H3. The minimum atomic E-state index is -0.267. The number of rotatable bonds is 6. The first-order chi connectivity index (χ1) is 9.69. The quantitative estimate of drug-likeness (QED) is 0.758. The molecule has 0 fully saturated rings. The molecule has 0 saturated heterocycles. The highest BCUT2D eigenvalue weighted by Crippen LogP contribution is 2.28. The van der Waals surface area contributed by atoms with Gasteiger partial charge >= 0.3 is 0 Å². The van der Waals surface area contributed by atoms with Gasteiger partial charge in [0.2, 0.25) is 0 Å². The molecule has 2 nitrogen and oxygen atoms in total. The number of benzene rings is 2. The monoisotopic (exact) mass is 337 g/mol. The summed E-state index contributed by atoms with van der Waals surface area (Å²) in [5, 5.41) is 3.35. The average molecular weight is 338 g/mol. The van der Waals surface area contributed by atoms with Crippen molar-refractivity contribution in [2.45, 2.75) is 19.9 Å². The maximum atomic E-state index is 12.9. The summed E-state index contributed by atoms with van der Waals surface area (Å²) in [6.45, 7) is 3.84. The molecule has 2 aromatic carbocycles. The molecular weight excluding hydrogens is 321 g/mol. The van der Waals surface area contributed by atoms with Gasteiger partial charge in [-0.15, -0.1) is 0 Å². The highest BCUT2D eigenvalue weighted by Gasteiger charge is 2.06. The fourth-order valence-electron chi connectivity index (χ4n) is 1.80. The summed E-state index contributed by atoms with van der Waals surface area (Å²) in [4.78, 5) is 0. The lowest BCUT2D eigenvalue weighted by molar-refractivity contribution is 0.470. The van der Waals surface area contributed by atoms with Crippen molar-refractivity contribution in [3.05, 3.63) is 58.3 Å². The molecule has 0 aromatic heterocycles. The molecule has 0 saturated carbocycles. The molecule has 0 spiro atoms. The van der Waals surface area contributed by atoms with Crippen LogP contribution >= 0.6 is 15.9 Å². The van der Waals surface area contributed by atoms with Gasteiger partial charge in [-0.25, -0.2) is 4.39 Å². The van der Waals surface area contributed by atoms with Crippen LogP contribution in [0.15, 0.2) is 46.9 Å². The molecule has 0 aliphatic rings. The summed E-state index contributed by atoms with van der Waals surface area (Å²) in [5.41, 5.74) is 1.07. The van der Waals surface area contributed by atoms with E-state index in [4.69, 9.17) is 4.74 Å². The van der Waals surface area contributed by atoms with E-state index < -0.39 is 0 Å². The van der Waals surface area contributed by atoms with E-state index in [1.807, 2.05) is 18.2 Å². The van der Waals surface area contributed by atoms with Crippen LogP contribution in [0.1, 0.15) is 18.9 Å². The molecule has 0 bridgehead atoms. The summed E-state index contributed by atoms with van der Waals surface area (Å²) in [6.07, 6.45) is 1.09. The van der Waals surface area contributed by atoms with E-state index in [-0.39, 0.29) is 5.82 Å². The number of nitrogens with one attached hydrogen (secondary N) is 1. The van der Waals surface area contributed by atoms with Crippen molar-refractivity contribution in [2.24, 2.45) is 0 Å². The largest absolute Gasteiger partial charge is 0.457 e. The Morgan fingerprint density at radius 3 is 2.60 bits per heavy atom. The van der Waals surface area contributed by atoms with Gasteiger partial charge in [0.05, 0.1) is 0 Å². The molecule has 4 heteroatoms. The Morgan fingerprint density at radius 2 is 1.90 bits per heavy atom. The van der Waals surface area contributed by atoms with Crippen molar-refractivity contribution in [1.82, 2.24) is 5.32 Å². The predicted molar refractivity (Wildman–Crippen MR) is 82.6 cm³/mol. The van der Waals surface area contributed by atoms with E-state index >= 15 is 0 Å². The molecule has 0 amide bonds. The fourth-order valence-corrected chi connectivity index (χ4v) is 2.14. The predicted octanol–water partition coefficient (Wildman–Crippen LogP) is 4.88. The van der Waals surface area contributed by atoms with Crippen LogP contribution in [0.5, 0.6) is 11.5 Å². The Morgan fingerprint density at radius 1 is 1.15 bits per heavy atom. The van der Waals surface area contributed by atoms with Crippen LogP contribution in [0.25, 0.3) is 0 Å². The van der Waals surface area contributed by atoms with Gasteiger partial charge < -0.3 is 10.1 Å². The summed E-state index contributed by atoms with van der Waals surface area (Å²) in [5.74, 6) is 1.13. The second kappa shape index (κ2) is 7.41. The lowest BCUT2D eigenvalue weighted by Gasteiger charge is -2.12. The normalized spacial score (nSPS) is 10.6. The topological polar surface area (TPSA) is 21.3 Å². The first-order valence-electron chi connectivity index (χ1n) is 6.61. The molecule has 20 heavy (non-hydrogen) atoms. The van der Waals surface area contributed by atoms with Crippen molar-refractivity contribution in [3.8, 4) is 11.5 Å². The molecule has 0 unspecified atom stereocenters. The summed E-state index contributed by atoms with van der Waals surface area (Å²) >= 11 is 3.44. The first kappa shape index (κ1) is 15.0. The Labute approximate surface area is 127 Å². The second-order valence-electron chi connectivity index (χ2n) is 4.48. The third kappa shape index (κ3) is 4.32. The number of halogens is 2. The van der Waals surface area contributed by atoms with Gasteiger partial charge in [0, 0.05) is 16.6 Å². The summed E-state index contributed by atoms with van der Waals surface area (Å²) < 4.78 is 19.7. The summed E-state index contributed by atoms with van der Waals surface area (Å²) in [6, 6.07) is 12.0. The van der Waals surface area contributed by atoms with E-state index in [9.17, 15) is 4.39 Å². The maximum Gasteiger partial charge on any atom is 0.133 e. The van der Waals surface area contributed by atoms with Crippen molar-refractivity contribution in [3.63, 3.8) is 0 Å². The molecule has 1 N–H and O–H groups in total. The van der Waals surface area contributed by atoms with Crippen LogP contribution in [-0.2, 0) is 6.54 Å². The number of hydrogen-bond acceptors (Lipinski definition) is 2. The summed E-state index contributed by atoms with van der Waals surface area (Å²) in [7, 11) is 0. The molecule has 0 heterocycles. The Hall–Kier alpha value is -1.39. The average Bonchev–Trinajstić information content (AvgIpc) is 2.44. The van der Waals surface area contributed by atoms with Crippen LogP contribution in [0.4, 0.5) is 4.39 Å². The molecule has 106 valence electrons. The van der Waals surface area contributed by atoms with Gasteiger partial charge in [-0.1, -0.05) is 28.9 Å². The molecule has 2 rings (SSSR count). The fraction of sp³-hybridized carbons (Fsp3) is 0.250. The zero-order valence-corrected chi connectivity index (χ0v) is 12.9. The molecular formula is C16H17BrFNO. The van der Waals surface area contributed by atoms with Gasteiger partial charge in [-0.2, -0.15) is 0 Å². The molecule has 0 aliphatic carbocycles. The Balaban J connectivity index is 2.15. The third-order valence-electron chi connectivity index (χ3n) is 2.81. The van der Waals surface area contributed by atoms with Crippen LogP contribution in [0, 0.1) is 5.82 Å². The van der Waals surface area contributed by atoms with Crippen molar-refractivity contribution in [2.75, 3.05) is 6.54 Å². The van der Waals surface area contributed by atoms with E-state index in [0.717, 1.165) is 35.3 Å². The van der Waals surface area contributed by atoms with Gasteiger partial charge in [-0.3, -0.25) is 0 Å².